The molecular formula is C18H26N2O2S. The number of benzene rings is 1. The molecule has 0 aromatic heterocycles. The number of thioether (sulfide) groups is 1. The van der Waals surface area contributed by atoms with Crippen LogP contribution in [-0.2, 0) is 15.3 Å². The minimum atomic E-state index is -0.0379. The Morgan fingerprint density at radius 2 is 2.13 bits per heavy atom. The molecule has 2 fully saturated rings. The van der Waals surface area contributed by atoms with Gasteiger partial charge >= 0.3 is 0 Å². The van der Waals surface area contributed by atoms with Crippen LogP contribution in [0.25, 0.3) is 0 Å². The van der Waals surface area contributed by atoms with Gasteiger partial charge in [-0.25, -0.2) is 0 Å². The Bertz CT molecular complexity index is 511. The lowest BCUT2D eigenvalue weighted by Crippen LogP contribution is -2.43. The summed E-state index contributed by atoms with van der Waals surface area (Å²) in [5.74, 6) is 1.09. The molecule has 1 aromatic carbocycles. The third-order valence-corrected chi connectivity index (χ3v) is 5.92. The van der Waals surface area contributed by atoms with Crippen LogP contribution in [0.1, 0.15) is 37.7 Å². The molecule has 126 valence electrons. The molecule has 0 saturated carbocycles. The Balaban J connectivity index is 1.51. The van der Waals surface area contributed by atoms with Crippen molar-refractivity contribution in [3.05, 3.63) is 29.8 Å². The first kappa shape index (κ1) is 16.8. The summed E-state index contributed by atoms with van der Waals surface area (Å²) < 4.78 is 5.41. The lowest BCUT2D eigenvalue weighted by molar-refractivity contribution is -0.118. The van der Waals surface area contributed by atoms with Crippen molar-refractivity contribution >= 4 is 23.4 Å². The minimum absolute atomic E-state index is 0.0379. The number of hydrogen-bond donors (Lipinski definition) is 2. The van der Waals surface area contributed by atoms with E-state index >= 15 is 0 Å². The van der Waals surface area contributed by atoms with Crippen molar-refractivity contribution < 1.29 is 9.53 Å². The maximum absolute atomic E-state index is 12.3. The highest BCUT2D eigenvalue weighted by Crippen LogP contribution is 2.26. The molecule has 1 aromatic rings. The Hall–Kier alpha value is -1.04. The van der Waals surface area contributed by atoms with Crippen molar-refractivity contribution in [1.29, 1.82) is 0 Å². The SMILES string of the molecule is O=C(Nc1cccc(CSC2CCOCC2)c1)C1CCCCN1. The highest BCUT2D eigenvalue weighted by atomic mass is 32.2. The molecule has 2 N–H and O–H groups in total. The van der Waals surface area contributed by atoms with Crippen LogP contribution in [0.5, 0.6) is 0 Å². The van der Waals surface area contributed by atoms with Gasteiger partial charge in [-0.15, -0.1) is 0 Å². The van der Waals surface area contributed by atoms with E-state index in [0.717, 1.165) is 56.9 Å². The van der Waals surface area contributed by atoms with E-state index in [2.05, 4.69) is 22.8 Å². The summed E-state index contributed by atoms with van der Waals surface area (Å²) in [6.45, 7) is 2.73. The van der Waals surface area contributed by atoms with Gasteiger partial charge in [-0.05, 0) is 49.9 Å². The minimum Gasteiger partial charge on any atom is -0.381 e. The van der Waals surface area contributed by atoms with Gasteiger partial charge in [0.05, 0.1) is 6.04 Å². The number of hydrogen-bond acceptors (Lipinski definition) is 4. The molecular weight excluding hydrogens is 308 g/mol. The quantitative estimate of drug-likeness (QED) is 0.868. The fraction of sp³-hybridized carbons (Fsp3) is 0.611. The van der Waals surface area contributed by atoms with Crippen molar-refractivity contribution in [2.45, 2.75) is 49.1 Å². The maximum Gasteiger partial charge on any atom is 0.241 e. The van der Waals surface area contributed by atoms with Crippen molar-refractivity contribution in [1.82, 2.24) is 5.32 Å². The second-order valence-corrected chi connectivity index (χ2v) is 7.60. The molecule has 0 bridgehead atoms. The molecule has 23 heavy (non-hydrogen) atoms. The fourth-order valence-corrected chi connectivity index (χ4v) is 4.23. The second-order valence-electron chi connectivity index (χ2n) is 6.31. The van der Waals surface area contributed by atoms with Crippen LogP contribution in [0.4, 0.5) is 5.69 Å². The van der Waals surface area contributed by atoms with Crippen molar-refractivity contribution in [3.63, 3.8) is 0 Å². The molecule has 0 spiro atoms. The van der Waals surface area contributed by atoms with Crippen molar-refractivity contribution in [2.24, 2.45) is 0 Å². The predicted octanol–water partition coefficient (Wildman–Crippen LogP) is 3.18. The third kappa shape index (κ3) is 5.23. The van der Waals surface area contributed by atoms with Crippen LogP contribution in [0.3, 0.4) is 0 Å². The number of ether oxygens (including phenoxy) is 1. The van der Waals surface area contributed by atoms with E-state index in [9.17, 15) is 4.79 Å². The molecule has 1 amide bonds. The number of anilines is 1. The Labute approximate surface area is 142 Å². The number of rotatable bonds is 5. The molecule has 1 unspecified atom stereocenters. The van der Waals surface area contributed by atoms with E-state index in [1.165, 1.54) is 12.0 Å². The van der Waals surface area contributed by atoms with Gasteiger partial charge in [-0.1, -0.05) is 18.6 Å². The summed E-state index contributed by atoms with van der Waals surface area (Å²) in [6.07, 6.45) is 5.53. The van der Waals surface area contributed by atoms with Gasteiger partial charge in [0.15, 0.2) is 0 Å². The molecule has 5 heteroatoms. The van der Waals surface area contributed by atoms with Crippen LogP contribution in [0.2, 0.25) is 0 Å². The van der Waals surface area contributed by atoms with E-state index in [4.69, 9.17) is 4.74 Å². The monoisotopic (exact) mass is 334 g/mol. The van der Waals surface area contributed by atoms with Gasteiger partial charge in [-0.2, -0.15) is 11.8 Å². The first-order chi connectivity index (χ1) is 11.3. The van der Waals surface area contributed by atoms with Gasteiger partial charge in [0.2, 0.25) is 5.91 Å². The third-order valence-electron chi connectivity index (χ3n) is 4.48. The zero-order chi connectivity index (χ0) is 15.9. The average molecular weight is 334 g/mol. The number of amides is 1. The van der Waals surface area contributed by atoms with Gasteiger partial charge in [-0.3, -0.25) is 4.79 Å². The van der Waals surface area contributed by atoms with E-state index in [1.807, 2.05) is 23.9 Å². The summed E-state index contributed by atoms with van der Waals surface area (Å²) in [7, 11) is 0. The topological polar surface area (TPSA) is 50.4 Å². The van der Waals surface area contributed by atoms with Crippen LogP contribution < -0.4 is 10.6 Å². The van der Waals surface area contributed by atoms with Gasteiger partial charge in [0.1, 0.15) is 0 Å². The summed E-state index contributed by atoms with van der Waals surface area (Å²) in [4.78, 5) is 12.3. The molecule has 2 aliphatic heterocycles. The van der Waals surface area contributed by atoms with Crippen LogP contribution >= 0.6 is 11.8 Å². The highest BCUT2D eigenvalue weighted by Gasteiger charge is 2.20. The summed E-state index contributed by atoms with van der Waals surface area (Å²) >= 11 is 2.00. The smallest absolute Gasteiger partial charge is 0.241 e. The Morgan fingerprint density at radius 3 is 2.91 bits per heavy atom. The molecule has 0 aliphatic carbocycles. The summed E-state index contributed by atoms with van der Waals surface area (Å²) in [5.41, 5.74) is 2.18. The molecule has 3 rings (SSSR count). The normalized spacial score (nSPS) is 22.7. The highest BCUT2D eigenvalue weighted by molar-refractivity contribution is 7.99. The molecule has 2 saturated heterocycles. The Morgan fingerprint density at radius 1 is 1.26 bits per heavy atom. The predicted molar refractivity (Wildman–Crippen MR) is 95.8 cm³/mol. The number of nitrogens with one attached hydrogen (secondary N) is 2. The Kier molecular flexibility index (Phi) is 6.37. The molecule has 0 radical (unpaired) electrons. The van der Waals surface area contributed by atoms with Crippen LogP contribution in [-0.4, -0.2) is 37.0 Å². The van der Waals surface area contributed by atoms with E-state index in [1.54, 1.807) is 0 Å². The lowest BCUT2D eigenvalue weighted by atomic mass is 10.0. The molecule has 4 nitrogen and oxygen atoms in total. The second kappa shape index (κ2) is 8.71. The van der Waals surface area contributed by atoms with Gasteiger partial charge in [0, 0.05) is 29.9 Å². The largest absolute Gasteiger partial charge is 0.381 e. The summed E-state index contributed by atoms with van der Waals surface area (Å²) in [5, 5.41) is 7.06. The zero-order valence-electron chi connectivity index (χ0n) is 13.6. The lowest BCUT2D eigenvalue weighted by Gasteiger charge is -2.23. The van der Waals surface area contributed by atoms with Crippen molar-refractivity contribution in [2.75, 3.05) is 25.1 Å². The summed E-state index contributed by atoms with van der Waals surface area (Å²) in [6, 6.07) is 8.21. The number of piperidine rings is 1. The van der Waals surface area contributed by atoms with Gasteiger partial charge < -0.3 is 15.4 Å². The fourth-order valence-electron chi connectivity index (χ4n) is 3.10. The van der Waals surface area contributed by atoms with Crippen molar-refractivity contribution in [3.8, 4) is 0 Å². The molecule has 2 aliphatic rings. The number of carbonyl (C=O) groups excluding carboxylic acids is 1. The van der Waals surface area contributed by atoms with E-state index in [-0.39, 0.29) is 11.9 Å². The van der Waals surface area contributed by atoms with Crippen LogP contribution in [0.15, 0.2) is 24.3 Å². The molecule has 1 atom stereocenters. The first-order valence-corrected chi connectivity index (χ1v) is 9.69. The van der Waals surface area contributed by atoms with E-state index in [0.29, 0.717) is 5.25 Å². The van der Waals surface area contributed by atoms with Gasteiger partial charge in [0.25, 0.3) is 0 Å². The first-order valence-electron chi connectivity index (χ1n) is 8.64. The number of carbonyl (C=O) groups is 1. The standard InChI is InChI=1S/C18H26N2O2S/c21-18(17-6-1-2-9-19-17)20-15-5-3-4-14(12-15)13-23-16-7-10-22-11-8-16/h3-5,12,16-17,19H,1-2,6-11,13H2,(H,20,21). The molecule has 2 heterocycles. The average Bonchev–Trinajstić information content (AvgIpc) is 2.62. The maximum atomic E-state index is 12.3. The van der Waals surface area contributed by atoms with Crippen LogP contribution in [0, 0.1) is 0 Å². The zero-order valence-corrected chi connectivity index (χ0v) is 14.4. The van der Waals surface area contributed by atoms with E-state index < -0.39 is 0 Å².